The van der Waals surface area contributed by atoms with Gasteiger partial charge in [0.15, 0.2) is 5.82 Å². The Labute approximate surface area is 340 Å². The lowest BCUT2D eigenvalue weighted by molar-refractivity contribution is -0.193. The first kappa shape index (κ1) is 32.7. The van der Waals surface area contributed by atoms with Crippen molar-refractivity contribution in [1.82, 2.24) is 9.97 Å². The van der Waals surface area contributed by atoms with Crippen LogP contribution in [0.4, 0.5) is 0 Å². The van der Waals surface area contributed by atoms with E-state index in [9.17, 15) is 0 Å². The minimum atomic E-state index is 0.255. The van der Waals surface area contributed by atoms with E-state index in [1.807, 2.05) is 12.1 Å². The van der Waals surface area contributed by atoms with Gasteiger partial charge in [0.25, 0.3) is 0 Å². The molecule has 6 atom stereocenters. The molecule has 2 nitrogen and oxygen atoms in total. The maximum Gasteiger partial charge on any atom is 0.160 e. The van der Waals surface area contributed by atoms with Crippen LogP contribution < -0.4 is 0 Å². The van der Waals surface area contributed by atoms with Gasteiger partial charge in [0, 0.05) is 22.1 Å². The molecule has 276 valence electrons. The molecule has 2 bridgehead atoms. The predicted molar refractivity (Wildman–Crippen MR) is 236 cm³/mol. The van der Waals surface area contributed by atoms with Gasteiger partial charge in [0.2, 0.25) is 0 Å². The number of rotatable bonds is 6. The summed E-state index contributed by atoms with van der Waals surface area (Å²) < 4.78 is 0. The lowest BCUT2D eigenvalue weighted by Crippen LogP contribution is -2.65. The fourth-order valence-electron chi connectivity index (χ4n) is 13.0. The number of aromatic nitrogens is 2. The van der Waals surface area contributed by atoms with Crippen LogP contribution in [0.3, 0.4) is 0 Å². The third-order valence-corrected chi connectivity index (χ3v) is 15.5. The summed E-state index contributed by atoms with van der Waals surface area (Å²) >= 11 is 0. The van der Waals surface area contributed by atoms with Crippen molar-refractivity contribution in [2.45, 2.75) is 31.1 Å². The van der Waals surface area contributed by atoms with Crippen LogP contribution in [0.2, 0.25) is 0 Å². The molecular weight excluding hydrogens is 701 g/mol. The van der Waals surface area contributed by atoms with E-state index in [0.717, 1.165) is 57.6 Å². The Bertz CT molecular complexity index is 2840. The standard InChI is InChI=1S/C56H42N2/c1-3-9-40(10-4-1)51-33-52(41-11-5-2-6-12-41)58-54(57-51)42-25-23-38(24-26-42)36-17-15-35(16-18-36)37-19-21-39(22-20-37)43-27-28-50-48(29-43)47-13-7-8-14-49(47)56(50)46-31-44-30-45-32-53(56)55(44,45)34-46/h1-29,33,44-46,53H,30-32,34H2. The molecule has 7 aromatic carbocycles. The summed E-state index contributed by atoms with van der Waals surface area (Å²) in [6.07, 6.45) is 5.90. The number of benzene rings is 7. The second kappa shape index (κ2) is 12.1. The van der Waals surface area contributed by atoms with Crippen molar-refractivity contribution in [3.63, 3.8) is 0 Å². The molecule has 0 N–H and O–H groups in total. The molecule has 5 aliphatic rings. The van der Waals surface area contributed by atoms with Crippen molar-refractivity contribution in [2.75, 3.05) is 0 Å². The Hall–Kier alpha value is -6.38. The van der Waals surface area contributed by atoms with Crippen LogP contribution in [-0.4, -0.2) is 9.97 Å². The summed E-state index contributed by atoms with van der Waals surface area (Å²) in [6.45, 7) is 0. The third-order valence-electron chi connectivity index (χ3n) is 15.5. The van der Waals surface area contributed by atoms with Gasteiger partial charge >= 0.3 is 0 Å². The summed E-state index contributed by atoms with van der Waals surface area (Å²) in [5.41, 5.74) is 19.6. The second-order valence-electron chi connectivity index (χ2n) is 17.8. The van der Waals surface area contributed by atoms with Gasteiger partial charge in [-0.3, -0.25) is 0 Å². The number of hydrogen-bond donors (Lipinski definition) is 0. The van der Waals surface area contributed by atoms with Crippen LogP contribution in [0.5, 0.6) is 0 Å². The molecule has 13 rings (SSSR count). The molecule has 5 aliphatic carbocycles. The molecule has 1 aromatic heterocycles. The minimum Gasteiger partial charge on any atom is -0.228 e. The minimum absolute atomic E-state index is 0.255. The molecule has 4 fully saturated rings. The first-order valence-corrected chi connectivity index (χ1v) is 21.2. The highest BCUT2D eigenvalue weighted by atomic mass is 14.9. The van der Waals surface area contributed by atoms with E-state index in [0.29, 0.717) is 5.41 Å². The Balaban J connectivity index is 0.763. The fraction of sp³-hybridized carbons (Fsp3) is 0.179. The van der Waals surface area contributed by atoms with E-state index >= 15 is 0 Å². The lowest BCUT2D eigenvalue weighted by Gasteiger charge is -2.70. The molecule has 2 heteroatoms. The van der Waals surface area contributed by atoms with E-state index in [4.69, 9.17) is 9.97 Å². The van der Waals surface area contributed by atoms with Crippen molar-refractivity contribution in [3.05, 3.63) is 193 Å². The number of nitrogens with zero attached hydrogens (tertiary/aromatic N) is 2. The molecule has 8 aromatic rings. The summed E-state index contributed by atoms with van der Waals surface area (Å²) in [7, 11) is 0. The van der Waals surface area contributed by atoms with Crippen molar-refractivity contribution >= 4 is 0 Å². The molecule has 2 spiro atoms. The van der Waals surface area contributed by atoms with E-state index in [2.05, 4.69) is 170 Å². The van der Waals surface area contributed by atoms with Crippen molar-refractivity contribution in [3.8, 4) is 78.4 Å². The molecule has 4 saturated carbocycles. The van der Waals surface area contributed by atoms with Gasteiger partial charge in [-0.1, -0.05) is 170 Å². The van der Waals surface area contributed by atoms with Gasteiger partial charge in [-0.25, -0.2) is 9.97 Å². The average molecular weight is 743 g/mol. The zero-order valence-corrected chi connectivity index (χ0v) is 32.4. The van der Waals surface area contributed by atoms with E-state index < -0.39 is 0 Å². The average Bonchev–Trinajstić information content (AvgIpc) is 3.90. The van der Waals surface area contributed by atoms with Crippen LogP contribution >= 0.6 is 0 Å². The van der Waals surface area contributed by atoms with Crippen LogP contribution in [0, 0.1) is 29.1 Å². The quantitative estimate of drug-likeness (QED) is 0.170. The van der Waals surface area contributed by atoms with Crippen LogP contribution in [0.1, 0.15) is 36.8 Å². The molecule has 58 heavy (non-hydrogen) atoms. The lowest BCUT2D eigenvalue weighted by atomic mass is 9.34. The van der Waals surface area contributed by atoms with Gasteiger partial charge in [0.1, 0.15) is 0 Å². The van der Waals surface area contributed by atoms with E-state index in [1.54, 1.807) is 11.1 Å². The molecule has 6 unspecified atom stereocenters. The number of fused-ring (bicyclic) bond motifs is 8. The van der Waals surface area contributed by atoms with Gasteiger partial charge in [-0.05, 0) is 123 Å². The molecule has 1 heterocycles. The SMILES string of the molecule is c1ccc(-c2cc(-c3ccccc3)nc(-c3ccc(-c4ccc(-c5ccc(-c6ccc7c(c6)-c6ccccc6C76C7CC8CC9CC6C89C7)cc5)cc4)cc3)n2)cc1. The second-order valence-corrected chi connectivity index (χ2v) is 17.8. The first-order valence-electron chi connectivity index (χ1n) is 21.2. The number of hydrogen-bond acceptors (Lipinski definition) is 2. The molecule has 0 saturated heterocycles. The topological polar surface area (TPSA) is 25.8 Å². The molecule has 0 radical (unpaired) electrons. The van der Waals surface area contributed by atoms with Gasteiger partial charge < -0.3 is 0 Å². The maximum atomic E-state index is 5.02. The fourth-order valence-corrected chi connectivity index (χ4v) is 13.0. The largest absolute Gasteiger partial charge is 0.228 e. The smallest absolute Gasteiger partial charge is 0.160 e. The Kier molecular flexibility index (Phi) is 6.80. The summed E-state index contributed by atoms with van der Waals surface area (Å²) in [5, 5.41) is 0. The summed E-state index contributed by atoms with van der Waals surface area (Å²) in [6, 6.07) is 66.5. The van der Waals surface area contributed by atoms with Crippen LogP contribution in [0.15, 0.2) is 182 Å². The Morgan fingerprint density at radius 2 is 0.828 bits per heavy atom. The molecular formula is C56H42N2. The van der Waals surface area contributed by atoms with Crippen LogP contribution in [0.25, 0.3) is 78.4 Å². The van der Waals surface area contributed by atoms with Gasteiger partial charge in [-0.2, -0.15) is 0 Å². The van der Waals surface area contributed by atoms with Gasteiger partial charge in [-0.15, -0.1) is 0 Å². The zero-order valence-electron chi connectivity index (χ0n) is 32.4. The van der Waals surface area contributed by atoms with E-state index in [-0.39, 0.29) is 5.41 Å². The highest BCUT2D eigenvalue weighted by molar-refractivity contribution is 5.86. The zero-order chi connectivity index (χ0) is 38.0. The highest BCUT2D eigenvalue weighted by Gasteiger charge is 2.82. The monoisotopic (exact) mass is 742 g/mol. The summed E-state index contributed by atoms with van der Waals surface area (Å²) in [5.74, 6) is 4.43. The van der Waals surface area contributed by atoms with Crippen molar-refractivity contribution < 1.29 is 0 Å². The predicted octanol–water partition coefficient (Wildman–Crippen LogP) is 13.8. The highest BCUT2D eigenvalue weighted by Crippen LogP contribution is 2.88. The summed E-state index contributed by atoms with van der Waals surface area (Å²) in [4.78, 5) is 10.0. The Morgan fingerprint density at radius 1 is 0.362 bits per heavy atom. The van der Waals surface area contributed by atoms with E-state index in [1.165, 1.54) is 70.2 Å². The first-order chi connectivity index (χ1) is 28.7. The molecule has 0 aliphatic heterocycles. The maximum absolute atomic E-state index is 5.02. The van der Waals surface area contributed by atoms with Crippen molar-refractivity contribution in [1.29, 1.82) is 0 Å². The third kappa shape index (κ3) is 4.44. The normalized spacial score (nSPS) is 25.1. The Morgan fingerprint density at radius 3 is 1.40 bits per heavy atom. The molecule has 0 amide bonds. The van der Waals surface area contributed by atoms with Crippen molar-refractivity contribution in [2.24, 2.45) is 29.1 Å². The van der Waals surface area contributed by atoms with Gasteiger partial charge in [0.05, 0.1) is 11.4 Å². The van der Waals surface area contributed by atoms with Crippen LogP contribution in [-0.2, 0) is 5.41 Å².